The maximum absolute atomic E-state index is 9.17. The van der Waals surface area contributed by atoms with Crippen molar-refractivity contribution in [3.63, 3.8) is 0 Å². The third-order valence-corrected chi connectivity index (χ3v) is 2.89. The van der Waals surface area contributed by atoms with Gasteiger partial charge in [-0.1, -0.05) is 36.4 Å². The van der Waals surface area contributed by atoms with Crippen LogP contribution in [0.1, 0.15) is 18.9 Å². The fourth-order valence-electron chi connectivity index (χ4n) is 1.88. The van der Waals surface area contributed by atoms with Gasteiger partial charge in [0.25, 0.3) is 0 Å². The van der Waals surface area contributed by atoms with Gasteiger partial charge in [-0.3, -0.25) is 4.99 Å². The molecule has 0 saturated carbocycles. The second kappa shape index (κ2) is 6.12. The molecule has 96 valence electrons. The molecule has 0 bridgehead atoms. The molecule has 1 aromatic rings. The maximum Gasteiger partial charge on any atom is 0.176 e. The van der Waals surface area contributed by atoms with E-state index in [1.807, 2.05) is 55.6 Å². The summed E-state index contributed by atoms with van der Waals surface area (Å²) in [5.41, 5.74) is 1.09. The third kappa shape index (κ3) is 3.40. The predicted molar refractivity (Wildman–Crippen MR) is 75.8 cm³/mol. The van der Waals surface area contributed by atoms with Gasteiger partial charge in [0.15, 0.2) is 5.60 Å². The first kappa shape index (κ1) is 13.3. The summed E-state index contributed by atoms with van der Waals surface area (Å²) >= 11 is 0. The van der Waals surface area contributed by atoms with Crippen molar-refractivity contribution in [3.05, 3.63) is 59.8 Å². The summed E-state index contributed by atoms with van der Waals surface area (Å²) in [4.78, 5) is 4.40. The number of benzene rings is 1. The summed E-state index contributed by atoms with van der Waals surface area (Å²) < 4.78 is 5.49. The van der Waals surface area contributed by atoms with Crippen molar-refractivity contribution in [2.45, 2.75) is 18.9 Å². The fourth-order valence-corrected chi connectivity index (χ4v) is 1.88. The zero-order valence-electron chi connectivity index (χ0n) is 10.9. The number of allylic oxidation sites excluding steroid dienone is 1. The van der Waals surface area contributed by atoms with Crippen LogP contribution in [-0.4, -0.2) is 18.4 Å². The van der Waals surface area contributed by atoms with Crippen molar-refractivity contribution in [1.29, 1.82) is 5.26 Å². The molecule has 3 heteroatoms. The predicted octanol–water partition coefficient (Wildman–Crippen LogP) is 3.25. The molecule has 1 aromatic carbocycles. The zero-order valence-corrected chi connectivity index (χ0v) is 10.9. The minimum Gasteiger partial charge on any atom is -0.356 e. The number of ether oxygens (including phenoxy) is 1. The quantitative estimate of drug-likeness (QED) is 0.772. The molecule has 1 atom stereocenters. The lowest BCUT2D eigenvalue weighted by molar-refractivity contribution is 0.0436. The van der Waals surface area contributed by atoms with Crippen molar-refractivity contribution in [2.24, 2.45) is 4.99 Å². The lowest BCUT2D eigenvalue weighted by Gasteiger charge is -2.23. The van der Waals surface area contributed by atoms with Crippen LogP contribution in [0.2, 0.25) is 0 Å². The van der Waals surface area contributed by atoms with Crippen LogP contribution in [0.4, 0.5) is 0 Å². The summed E-state index contributed by atoms with van der Waals surface area (Å²) in [5, 5.41) is 9.17. The lowest BCUT2D eigenvalue weighted by atomic mass is 9.95. The van der Waals surface area contributed by atoms with Crippen LogP contribution in [-0.2, 0) is 4.74 Å². The topological polar surface area (TPSA) is 45.4 Å². The van der Waals surface area contributed by atoms with Gasteiger partial charge in [0.1, 0.15) is 6.07 Å². The molecule has 19 heavy (non-hydrogen) atoms. The monoisotopic (exact) mass is 252 g/mol. The SMILES string of the molecule is CCO[C@]1(C#N)C=CC(N=Cc2ccccc2)=CC1. The van der Waals surface area contributed by atoms with Crippen LogP contribution in [0.15, 0.2) is 59.2 Å². The van der Waals surface area contributed by atoms with Crippen molar-refractivity contribution >= 4 is 6.21 Å². The molecule has 0 spiro atoms. The summed E-state index contributed by atoms with van der Waals surface area (Å²) in [7, 11) is 0. The average molecular weight is 252 g/mol. The van der Waals surface area contributed by atoms with Crippen LogP contribution in [0.3, 0.4) is 0 Å². The third-order valence-electron chi connectivity index (χ3n) is 2.89. The van der Waals surface area contributed by atoms with E-state index in [1.165, 1.54) is 0 Å². The van der Waals surface area contributed by atoms with Gasteiger partial charge in [0.2, 0.25) is 0 Å². The molecule has 0 N–H and O–H groups in total. The molecule has 1 aliphatic carbocycles. The van der Waals surface area contributed by atoms with E-state index in [1.54, 1.807) is 6.08 Å². The first-order valence-corrected chi connectivity index (χ1v) is 6.32. The van der Waals surface area contributed by atoms with Crippen LogP contribution in [0.5, 0.6) is 0 Å². The Bertz CT molecular complexity index is 552. The molecule has 0 unspecified atom stereocenters. The van der Waals surface area contributed by atoms with Crippen molar-refractivity contribution in [3.8, 4) is 6.07 Å². The summed E-state index contributed by atoms with van der Waals surface area (Å²) in [6.07, 6.45) is 7.90. The van der Waals surface area contributed by atoms with Crippen molar-refractivity contribution in [2.75, 3.05) is 6.61 Å². The number of hydrogen-bond acceptors (Lipinski definition) is 3. The van der Waals surface area contributed by atoms with Crippen LogP contribution >= 0.6 is 0 Å². The van der Waals surface area contributed by atoms with Gasteiger partial charge in [0.05, 0.1) is 5.70 Å². The molecule has 3 nitrogen and oxygen atoms in total. The molecule has 0 radical (unpaired) electrons. The molecular weight excluding hydrogens is 236 g/mol. The Morgan fingerprint density at radius 2 is 2.21 bits per heavy atom. The molecule has 0 amide bonds. The van der Waals surface area contributed by atoms with E-state index in [2.05, 4.69) is 11.1 Å². The van der Waals surface area contributed by atoms with Gasteiger partial charge in [-0.25, -0.2) is 0 Å². The van der Waals surface area contributed by atoms with Crippen LogP contribution in [0, 0.1) is 11.3 Å². The molecular formula is C16H16N2O. The highest BCUT2D eigenvalue weighted by molar-refractivity contribution is 5.80. The number of nitriles is 1. The minimum atomic E-state index is -0.819. The highest BCUT2D eigenvalue weighted by Crippen LogP contribution is 2.24. The van der Waals surface area contributed by atoms with E-state index >= 15 is 0 Å². The summed E-state index contributed by atoms with van der Waals surface area (Å²) in [6, 6.07) is 12.1. The van der Waals surface area contributed by atoms with E-state index in [-0.39, 0.29) is 0 Å². The lowest BCUT2D eigenvalue weighted by Crippen LogP contribution is -2.29. The molecule has 0 aromatic heterocycles. The average Bonchev–Trinajstić information content (AvgIpc) is 2.48. The van der Waals surface area contributed by atoms with Crippen molar-refractivity contribution < 1.29 is 4.74 Å². The smallest absolute Gasteiger partial charge is 0.176 e. The molecule has 2 rings (SSSR count). The Balaban J connectivity index is 2.05. The Morgan fingerprint density at radius 3 is 2.79 bits per heavy atom. The second-order valence-electron chi connectivity index (χ2n) is 4.27. The van der Waals surface area contributed by atoms with E-state index < -0.39 is 5.60 Å². The standard InChI is InChI=1S/C16H16N2O/c1-2-19-16(13-17)10-8-15(9-11-16)18-12-14-6-4-3-5-7-14/h3-10,12H,2,11H2,1H3/t16-/m1/s1. The van der Waals surface area contributed by atoms with E-state index in [0.29, 0.717) is 13.0 Å². The van der Waals surface area contributed by atoms with Crippen LogP contribution < -0.4 is 0 Å². The van der Waals surface area contributed by atoms with Crippen molar-refractivity contribution in [1.82, 2.24) is 0 Å². The number of aliphatic imine (C=N–C) groups is 1. The molecule has 0 saturated heterocycles. The minimum absolute atomic E-state index is 0.522. The van der Waals surface area contributed by atoms with Gasteiger partial charge in [-0.2, -0.15) is 5.26 Å². The van der Waals surface area contributed by atoms with Gasteiger partial charge in [-0.15, -0.1) is 0 Å². The zero-order chi connectivity index (χ0) is 13.6. The number of hydrogen-bond donors (Lipinski definition) is 0. The van der Waals surface area contributed by atoms with Gasteiger partial charge in [-0.05, 0) is 24.6 Å². The number of rotatable bonds is 4. The van der Waals surface area contributed by atoms with E-state index in [4.69, 9.17) is 4.74 Å². The highest BCUT2D eigenvalue weighted by atomic mass is 16.5. The van der Waals surface area contributed by atoms with E-state index in [0.717, 1.165) is 11.3 Å². The van der Waals surface area contributed by atoms with Gasteiger partial charge >= 0.3 is 0 Å². The first-order chi connectivity index (χ1) is 9.28. The Kier molecular flexibility index (Phi) is 4.27. The van der Waals surface area contributed by atoms with E-state index in [9.17, 15) is 5.26 Å². The maximum atomic E-state index is 9.17. The highest BCUT2D eigenvalue weighted by Gasteiger charge is 2.28. The Hall–Kier alpha value is -2.18. The molecule has 0 heterocycles. The van der Waals surface area contributed by atoms with Gasteiger partial charge in [0, 0.05) is 19.2 Å². The summed E-state index contributed by atoms with van der Waals surface area (Å²) in [5.74, 6) is 0. The fraction of sp³-hybridized carbons (Fsp3) is 0.250. The summed E-state index contributed by atoms with van der Waals surface area (Å²) in [6.45, 7) is 2.41. The largest absolute Gasteiger partial charge is 0.356 e. The molecule has 0 fully saturated rings. The Morgan fingerprint density at radius 1 is 1.42 bits per heavy atom. The molecule has 1 aliphatic rings. The first-order valence-electron chi connectivity index (χ1n) is 6.32. The van der Waals surface area contributed by atoms with Crippen LogP contribution in [0.25, 0.3) is 0 Å². The number of nitrogens with zero attached hydrogens (tertiary/aromatic N) is 2. The second-order valence-corrected chi connectivity index (χ2v) is 4.27. The molecule has 0 aliphatic heterocycles. The Labute approximate surface area is 113 Å². The normalized spacial score (nSPS) is 22.2. The van der Waals surface area contributed by atoms with Gasteiger partial charge < -0.3 is 4.74 Å².